The normalized spacial score (nSPS) is 11.7. The number of hydrogen-bond donors (Lipinski definition) is 3. The monoisotopic (exact) mass is 260 g/mol. The molecule has 0 aromatic carbocycles. The van der Waals surface area contributed by atoms with Gasteiger partial charge >= 0.3 is 0 Å². The zero-order valence-corrected chi connectivity index (χ0v) is 10.7. The lowest BCUT2D eigenvalue weighted by Gasteiger charge is -2.19. The fourth-order valence-electron chi connectivity index (χ4n) is 1.55. The summed E-state index contributed by atoms with van der Waals surface area (Å²) in [6.45, 7) is 1.99. The number of aromatic nitrogens is 2. The number of aliphatic hydroxyl groups is 1. The molecule has 0 aliphatic carbocycles. The molecule has 5 nitrogen and oxygen atoms in total. The van der Waals surface area contributed by atoms with Gasteiger partial charge < -0.3 is 15.7 Å². The van der Waals surface area contributed by atoms with Gasteiger partial charge in [0.1, 0.15) is 24.6 Å². The summed E-state index contributed by atoms with van der Waals surface area (Å²) in [6, 6.07) is 0. The van der Waals surface area contributed by atoms with E-state index in [0.717, 1.165) is 5.56 Å². The van der Waals surface area contributed by atoms with Crippen LogP contribution in [0.15, 0.2) is 6.33 Å². The highest BCUT2D eigenvalue weighted by molar-refractivity contribution is 5.58. The van der Waals surface area contributed by atoms with Crippen molar-refractivity contribution >= 4 is 11.6 Å². The van der Waals surface area contributed by atoms with Crippen LogP contribution in [0.25, 0.3) is 0 Å². The topological polar surface area (TPSA) is 70.1 Å². The molecule has 0 unspecified atom stereocenters. The van der Waals surface area contributed by atoms with E-state index in [-0.39, 0.29) is 5.92 Å². The number of aliphatic hydroxyl groups excluding tert-OH is 1. The molecule has 0 atom stereocenters. The van der Waals surface area contributed by atoms with Crippen LogP contribution in [-0.2, 0) is 0 Å². The maximum absolute atomic E-state index is 13.0. The minimum Gasteiger partial charge on any atom is -0.390 e. The van der Waals surface area contributed by atoms with E-state index in [1.165, 1.54) is 6.33 Å². The van der Waals surface area contributed by atoms with Crippen molar-refractivity contribution in [2.45, 2.75) is 25.7 Å². The number of rotatable bonds is 6. The molecule has 0 radical (unpaired) electrons. The molecule has 102 valence electrons. The summed E-state index contributed by atoms with van der Waals surface area (Å²) in [5, 5.41) is 14.0. The highest BCUT2D eigenvalue weighted by Crippen LogP contribution is 2.28. The molecular weight excluding hydrogens is 242 g/mol. The van der Waals surface area contributed by atoms with E-state index in [0.29, 0.717) is 11.6 Å². The van der Waals surface area contributed by atoms with Crippen LogP contribution in [0.4, 0.5) is 20.4 Å². The van der Waals surface area contributed by atoms with E-state index in [2.05, 4.69) is 20.6 Å². The first-order valence-electron chi connectivity index (χ1n) is 5.66. The second-order valence-corrected chi connectivity index (χ2v) is 4.26. The standard InChI is InChI=1S/C11H18F2N4O/c1-7(2)8-9(14-3)16-6-17-10(8)15-4-11(12,13)5-18/h6-7,18H,4-5H2,1-3H3,(H2,14,15,16,17). The van der Waals surface area contributed by atoms with Gasteiger partial charge in [-0.3, -0.25) is 0 Å². The van der Waals surface area contributed by atoms with E-state index >= 15 is 0 Å². The first-order valence-corrected chi connectivity index (χ1v) is 5.66. The van der Waals surface area contributed by atoms with Crippen LogP contribution in [0, 0.1) is 0 Å². The van der Waals surface area contributed by atoms with Gasteiger partial charge in [0, 0.05) is 12.6 Å². The average molecular weight is 260 g/mol. The summed E-state index contributed by atoms with van der Waals surface area (Å²) >= 11 is 0. The van der Waals surface area contributed by atoms with Gasteiger partial charge in [-0.05, 0) is 5.92 Å². The van der Waals surface area contributed by atoms with Gasteiger partial charge in [-0.2, -0.15) is 0 Å². The van der Waals surface area contributed by atoms with Crippen molar-refractivity contribution < 1.29 is 13.9 Å². The van der Waals surface area contributed by atoms with E-state index < -0.39 is 19.1 Å². The van der Waals surface area contributed by atoms with Crippen molar-refractivity contribution in [2.24, 2.45) is 0 Å². The molecule has 0 aliphatic rings. The van der Waals surface area contributed by atoms with Crippen molar-refractivity contribution in [1.29, 1.82) is 0 Å². The molecule has 3 N–H and O–H groups in total. The van der Waals surface area contributed by atoms with Gasteiger partial charge in [-0.25, -0.2) is 18.7 Å². The fourth-order valence-corrected chi connectivity index (χ4v) is 1.55. The summed E-state index contributed by atoms with van der Waals surface area (Å²) in [6.07, 6.45) is 1.30. The first kappa shape index (κ1) is 14.6. The lowest BCUT2D eigenvalue weighted by molar-refractivity contribution is -0.0373. The zero-order valence-electron chi connectivity index (χ0n) is 10.7. The maximum Gasteiger partial charge on any atom is 0.287 e. The molecule has 0 bridgehead atoms. The Balaban J connectivity index is 2.95. The third-order valence-corrected chi connectivity index (χ3v) is 2.44. The Morgan fingerprint density at radius 2 is 1.94 bits per heavy atom. The van der Waals surface area contributed by atoms with Crippen LogP contribution in [-0.4, -0.2) is 41.2 Å². The highest BCUT2D eigenvalue weighted by Gasteiger charge is 2.28. The average Bonchev–Trinajstić information content (AvgIpc) is 2.35. The zero-order chi connectivity index (χ0) is 13.8. The minimum absolute atomic E-state index is 0.0823. The third kappa shape index (κ3) is 3.49. The summed E-state index contributed by atoms with van der Waals surface area (Å²) in [5.74, 6) is -2.12. The second kappa shape index (κ2) is 5.90. The molecule has 1 rings (SSSR count). The summed E-state index contributed by atoms with van der Waals surface area (Å²) < 4.78 is 26.0. The lowest BCUT2D eigenvalue weighted by atomic mass is 10.0. The van der Waals surface area contributed by atoms with Crippen molar-refractivity contribution in [1.82, 2.24) is 9.97 Å². The molecule has 0 amide bonds. The number of halogens is 2. The molecular formula is C11H18F2N4O. The predicted molar refractivity (Wildman–Crippen MR) is 66.2 cm³/mol. The predicted octanol–water partition coefficient (Wildman–Crippen LogP) is 1.68. The van der Waals surface area contributed by atoms with Crippen molar-refractivity contribution in [3.05, 3.63) is 11.9 Å². The van der Waals surface area contributed by atoms with Gasteiger partial charge in [0.25, 0.3) is 5.92 Å². The fraction of sp³-hybridized carbons (Fsp3) is 0.636. The van der Waals surface area contributed by atoms with Gasteiger partial charge in [0.2, 0.25) is 0 Å². The maximum atomic E-state index is 13.0. The molecule has 0 aliphatic heterocycles. The van der Waals surface area contributed by atoms with E-state index in [9.17, 15) is 8.78 Å². The molecule has 1 aromatic heterocycles. The summed E-state index contributed by atoms with van der Waals surface area (Å²) in [4.78, 5) is 8.01. The molecule has 0 saturated heterocycles. The van der Waals surface area contributed by atoms with Gasteiger partial charge in [0.15, 0.2) is 0 Å². The van der Waals surface area contributed by atoms with Gasteiger partial charge in [-0.1, -0.05) is 13.8 Å². The van der Waals surface area contributed by atoms with Crippen LogP contribution in [0.3, 0.4) is 0 Å². The number of nitrogens with one attached hydrogen (secondary N) is 2. The Bertz CT molecular complexity index is 399. The van der Waals surface area contributed by atoms with Crippen LogP contribution in [0.1, 0.15) is 25.3 Å². The van der Waals surface area contributed by atoms with Crippen LogP contribution >= 0.6 is 0 Å². The SMILES string of the molecule is CNc1ncnc(NCC(F)(F)CO)c1C(C)C. The summed E-state index contributed by atoms with van der Waals surface area (Å²) in [7, 11) is 1.71. The van der Waals surface area contributed by atoms with E-state index in [1.807, 2.05) is 13.8 Å². The Labute approximate surface area is 105 Å². The molecule has 18 heavy (non-hydrogen) atoms. The molecule has 1 aromatic rings. The van der Waals surface area contributed by atoms with E-state index in [4.69, 9.17) is 5.11 Å². The Morgan fingerprint density at radius 3 is 2.44 bits per heavy atom. The largest absolute Gasteiger partial charge is 0.390 e. The third-order valence-electron chi connectivity index (χ3n) is 2.44. The van der Waals surface area contributed by atoms with Crippen molar-refractivity contribution in [3.8, 4) is 0 Å². The summed E-state index contributed by atoms with van der Waals surface area (Å²) in [5.41, 5.74) is 0.744. The Morgan fingerprint density at radius 1 is 1.33 bits per heavy atom. The second-order valence-electron chi connectivity index (χ2n) is 4.26. The quantitative estimate of drug-likeness (QED) is 0.726. The lowest BCUT2D eigenvalue weighted by Crippen LogP contribution is -2.31. The Hall–Kier alpha value is -1.50. The van der Waals surface area contributed by atoms with Gasteiger partial charge in [0.05, 0.1) is 6.54 Å². The molecule has 0 saturated carbocycles. The van der Waals surface area contributed by atoms with E-state index in [1.54, 1.807) is 7.05 Å². The van der Waals surface area contributed by atoms with Crippen LogP contribution < -0.4 is 10.6 Å². The molecule has 7 heteroatoms. The minimum atomic E-state index is -3.17. The van der Waals surface area contributed by atoms with Crippen LogP contribution in [0.2, 0.25) is 0 Å². The molecule has 1 heterocycles. The van der Waals surface area contributed by atoms with Crippen molar-refractivity contribution in [2.75, 3.05) is 30.8 Å². The van der Waals surface area contributed by atoms with Crippen molar-refractivity contribution in [3.63, 3.8) is 0 Å². The Kier molecular flexibility index (Phi) is 4.77. The smallest absolute Gasteiger partial charge is 0.287 e. The molecule has 0 spiro atoms. The first-order chi connectivity index (χ1) is 8.41. The number of nitrogens with zero attached hydrogens (tertiary/aromatic N) is 2. The highest BCUT2D eigenvalue weighted by atomic mass is 19.3. The number of anilines is 2. The molecule has 0 fully saturated rings. The van der Waals surface area contributed by atoms with Crippen LogP contribution in [0.5, 0.6) is 0 Å². The van der Waals surface area contributed by atoms with Gasteiger partial charge in [-0.15, -0.1) is 0 Å². The number of hydrogen-bond acceptors (Lipinski definition) is 5. The number of alkyl halides is 2.